The molecule has 1 aliphatic rings. The Morgan fingerprint density at radius 3 is 2.62 bits per heavy atom. The minimum absolute atomic E-state index is 0.287. The van der Waals surface area contributed by atoms with Gasteiger partial charge < -0.3 is 15.4 Å². The Morgan fingerprint density at radius 1 is 1.33 bits per heavy atom. The van der Waals surface area contributed by atoms with E-state index in [1.54, 1.807) is 0 Å². The van der Waals surface area contributed by atoms with Crippen LogP contribution >= 0.6 is 0 Å². The number of para-hydroxylation sites is 1. The number of hydrogen-bond donors (Lipinski definition) is 1. The third-order valence-electron chi connectivity index (χ3n) is 4.82. The van der Waals surface area contributed by atoms with Gasteiger partial charge in [-0.3, -0.25) is 0 Å². The predicted octanol–water partition coefficient (Wildman–Crippen LogP) is 3.46. The molecule has 0 amide bonds. The van der Waals surface area contributed by atoms with E-state index in [9.17, 15) is 4.79 Å². The van der Waals surface area contributed by atoms with Gasteiger partial charge in [-0.2, -0.15) is 0 Å². The summed E-state index contributed by atoms with van der Waals surface area (Å²) in [5.74, 6) is -0.287. The highest BCUT2D eigenvalue weighted by Gasteiger charge is 2.36. The zero-order valence-electron chi connectivity index (χ0n) is 13.3. The number of nitrogens with two attached hydrogens (primary N) is 1. The number of carbonyl (C=O) groups excluding carboxylic acids is 1. The van der Waals surface area contributed by atoms with Gasteiger partial charge in [0.25, 0.3) is 0 Å². The van der Waals surface area contributed by atoms with Gasteiger partial charge in [-0.15, -0.1) is 0 Å². The van der Waals surface area contributed by atoms with Crippen LogP contribution in [0.5, 0.6) is 0 Å². The second-order valence-corrected chi connectivity index (χ2v) is 5.84. The molecule has 0 spiro atoms. The van der Waals surface area contributed by atoms with E-state index < -0.39 is 0 Å². The highest BCUT2D eigenvalue weighted by atomic mass is 16.5. The van der Waals surface area contributed by atoms with E-state index in [-0.39, 0.29) is 5.97 Å². The fraction of sp³-hybridized carbons (Fsp3) is 0.588. The van der Waals surface area contributed by atoms with Crippen LogP contribution in [0.4, 0.5) is 11.4 Å². The van der Waals surface area contributed by atoms with Crippen LogP contribution in [0.15, 0.2) is 18.2 Å². The maximum atomic E-state index is 12.2. The molecule has 2 rings (SSSR count). The molecule has 1 saturated heterocycles. The van der Waals surface area contributed by atoms with Crippen molar-refractivity contribution < 1.29 is 9.53 Å². The summed E-state index contributed by atoms with van der Waals surface area (Å²) in [7, 11) is 0. The van der Waals surface area contributed by atoms with Crippen LogP contribution < -0.4 is 10.6 Å². The second kappa shape index (κ2) is 6.37. The number of ether oxygens (including phenoxy) is 1. The molecule has 4 nitrogen and oxygen atoms in total. The molecule has 0 atom stereocenters. The lowest BCUT2D eigenvalue weighted by Gasteiger charge is -2.28. The molecule has 0 radical (unpaired) electrons. The van der Waals surface area contributed by atoms with Gasteiger partial charge in [-0.25, -0.2) is 4.79 Å². The van der Waals surface area contributed by atoms with Gasteiger partial charge in [-0.1, -0.05) is 19.9 Å². The van der Waals surface area contributed by atoms with E-state index in [1.165, 1.54) is 0 Å². The zero-order valence-corrected chi connectivity index (χ0v) is 13.3. The summed E-state index contributed by atoms with van der Waals surface area (Å²) in [5.41, 5.74) is 8.58. The predicted molar refractivity (Wildman–Crippen MR) is 86.7 cm³/mol. The number of benzene rings is 1. The standard InChI is InChI=1S/C17H26N2O2/c1-4-17(5-2)10-11-19(12-17)15-13(16(20)21-6-3)8-7-9-14(15)18/h7-9H,4-6,10-12,18H2,1-3H3. The third kappa shape index (κ3) is 2.99. The second-order valence-electron chi connectivity index (χ2n) is 5.84. The molecule has 1 heterocycles. The van der Waals surface area contributed by atoms with Crippen LogP contribution in [0, 0.1) is 5.41 Å². The van der Waals surface area contributed by atoms with E-state index in [2.05, 4.69) is 18.7 Å². The minimum Gasteiger partial charge on any atom is -0.462 e. The first-order chi connectivity index (χ1) is 10.1. The number of nitrogens with zero attached hydrogens (tertiary/aromatic N) is 1. The molecule has 2 N–H and O–H groups in total. The molecule has 4 heteroatoms. The largest absolute Gasteiger partial charge is 0.462 e. The smallest absolute Gasteiger partial charge is 0.340 e. The van der Waals surface area contributed by atoms with Gasteiger partial charge in [-0.05, 0) is 43.7 Å². The molecular weight excluding hydrogens is 264 g/mol. The van der Waals surface area contributed by atoms with Crippen molar-refractivity contribution in [3.05, 3.63) is 23.8 Å². The van der Waals surface area contributed by atoms with Crippen LogP contribution in [-0.2, 0) is 4.74 Å². The molecular formula is C17H26N2O2. The van der Waals surface area contributed by atoms with E-state index in [0.29, 0.717) is 23.3 Å². The summed E-state index contributed by atoms with van der Waals surface area (Å²) in [6.45, 7) is 8.59. The van der Waals surface area contributed by atoms with Crippen LogP contribution in [0.3, 0.4) is 0 Å². The molecule has 1 aliphatic heterocycles. The lowest BCUT2D eigenvalue weighted by atomic mass is 9.82. The summed E-state index contributed by atoms with van der Waals surface area (Å²) in [4.78, 5) is 14.4. The van der Waals surface area contributed by atoms with Crippen molar-refractivity contribution in [2.75, 3.05) is 30.3 Å². The van der Waals surface area contributed by atoms with Gasteiger partial charge in [0.1, 0.15) is 0 Å². The van der Waals surface area contributed by atoms with Gasteiger partial charge in [0, 0.05) is 13.1 Å². The molecule has 21 heavy (non-hydrogen) atoms. The Morgan fingerprint density at radius 2 is 2.05 bits per heavy atom. The molecule has 116 valence electrons. The topological polar surface area (TPSA) is 55.6 Å². The van der Waals surface area contributed by atoms with Gasteiger partial charge >= 0.3 is 5.97 Å². The average Bonchev–Trinajstić information content (AvgIpc) is 2.92. The van der Waals surface area contributed by atoms with Crippen molar-refractivity contribution in [2.24, 2.45) is 5.41 Å². The Labute approximate surface area is 127 Å². The minimum atomic E-state index is -0.287. The maximum Gasteiger partial charge on any atom is 0.340 e. The first-order valence-corrected chi connectivity index (χ1v) is 7.87. The SMILES string of the molecule is CCOC(=O)c1cccc(N)c1N1CCC(CC)(CC)C1. The van der Waals surface area contributed by atoms with Crippen molar-refractivity contribution >= 4 is 17.3 Å². The van der Waals surface area contributed by atoms with Gasteiger partial charge in [0.05, 0.1) is 23.5 Å². The number of esters is 1. The first kappa shape index (κ1) is 15.7. The van der Waals surface area contributed by atoms with Crippen LogP contribution in [0.25, 0.3) is 0 Å². The molecule has 1 aromatic rings. The summed E-state index contributed by atoms with van der Waals surface area (Å²) in [5, 5.41) is 0. The van der Waals surface area contributed by atoms with Crippen molar-refractivity contribution in [3.63, 3.8) is 0 Å². The lowest BCUT2D eigenvalue weighted by Crippen LogP contribution is -2.28. The van der Waals surface area contributed by atoms with E-state index >= 15 is 0 Å². The molecule has 0 bridgehead atoms. The third-order valence-corrected chi connectivity index (χ3v) is 4.82. The lowest BCUT2D eigenvalue weighted by molar-refractivity contribution is 0.0527. The number of anilines is 2. The van der Waals surface area contributed by atoms with Crippen molar-refractivity contribution in [2.45, 2.75) is 40.0 Å². The molecule has 0 aromatic heterocycles. The average molecular weight is 290 g/mol. The van der Waals surface area contributed by atoms with Gasteiger partial charge in [0.15, 0.2) is 0 Å². The van der Waals surface area contributed by atoms with Crippen LogP contribution in [-0.4, -0.2) is 25.7 Å². The van der Waals surface area contributed by atoms with Crippen molar-refractivity contribution in [1.29, 1.82) is 0 Å². The summed E-state index contributed by atoms with van der Waals surface area (Å²) in [6.07, 6.45) is 3.46. The van der Waals surface area contributed by atoms with E-state index in [0.717, 1.165) is 38.0 Å². The number of nitrogen functional groups attached to an aromatic ring is 1. The molecule has 1 aromatic carbocycles. The highest BCUT2D eigenvalue weighted by Crippen LogP contribution is 2.41. The number of rotatable bonds is 5. The molecule has 0 aliphatic carbocycles. The Balaban J connectivity index is 2.34. The van der Waals surface area contributed by atoms with Gasteiger partial charge in [0.2, 0.25) is 0 Å². The quantitative estimate of drug-likeness (QED) is 0.666. The van der Waals surface area contributed by atoms with Crippen LogP contribution in [0.2, 0.25) is 0 Å². The fourth-order valence-electron chi connectivity index (χ4n) is 3.24. The zero-order chi connectivity index (χ0) is 15.5. The molecule has 1 fully saturated rings. The summed E-state index contributed by atoms with van der Waals surface area (Å²) >= 11 is 0. The van der Waals surface area contributed by atoms with E-state index in [1.807, 2.05) is 25.1 Å². The number of hydrogen-bond acceptors (Lipinski definition) is 4. The van der Waals surface area contributed by atoms with Crippen molar-refractivity contribution in [1.82, 2.24) is 0 Å². The highest BCUT2D eigenvalue weighted by molar-refractivity contribution is 5.99. The fourth-order valence-corrected chi connectivity index (χ4v) is 3.24. The Bertz CT molecular complexity index is 510. The summed E-state index contributed by atoms with van der Waals surface area (Å²) < 4.78 is 5.17. The van der Waals surface area contributed by atoms with E-state index in [4.69, 9.17) is 10.5 Å². The van der Waals surface area contributed by atoms with Crippen molar-refractivity contribution in [3.8, 4) is 0 Å². The Hall–Kier alpha value is -1.71. The number of carbonyl (C=O) groups is 1. The monoisotopic (exact) mass is 290 g/mol. The molecule has 0 unspecified atom stereocenters. The molecule has 0 saturated carbocycles. The maximum absolute atomic E-state index is 12.2. The first-order valence-electron chi connectivity index (χ1n) is 7.87. The summed E-state index contributed by atoms with van der Waals surface area (Å²) in [6, 6.07) is 5.48. The normalized spacial score (nSPS) is 17.0. The Kier molecular flexibility index (Phi) is 4.76. The van der Waals surface area contributed by atoms with Crippen LogP contribution in [0.1, 0.15) is 50.4 Å².